The van der Waals surface area contributed by atoms with Gasteiger partial charge in [0.1, 0.15) is 0 Å². The predicted molar refractivity (Wildman–Crippen MR) is 77.7 cm³/mol. The predicted octanol–water partition coefficient (Wildman–Crippen LogP) is 3.51. The van der Waals surface area contributed by atoms with Crippen molar-refractivity contribution >= 4 is 10.1 Å². The number of hydrogen-bond acceptors (Lipinski definition) is 3. The molecule has 0 bridgehead atoms. The lowest BCUT2D eigenvalue weighted by atomic mass is 9.65. The minimum atomic E-state index is -4.21. The summed E-state index contributed by atoms with van der Waals surface area (Å²) in [5.41, 5.74) is 0. The smallest absolute Gasteiger partial charge is 0.0981 e. The molecule has 0 spiro atoms. The van der Waals surface area contributed by atoms with E-state index >= 15 is 0 Å². The molecule has 114 valence electrons. The van der Waals surface area contributed by atoms with E-state index in [-0.39, 0.29) is 23.7 Å². The molecule has 1 fully saturated rings. The maximum atomic E-state index is 11.7. The molecule has 2 atom stereocenters. The van der Waals surface area contributed by atoms with Gasteiger partial charge in [-0.1, -0.05) is 41.5 Å². The lowest BCUT2D eigenvalue weighted by Crippen LogP contribution is -2.47. The topological polar surface area (TPSA) is 57.2 Å². The first-order chi connectivity index (χ1) is 8.55. The zero-order valence-electron chi connectivity index (χ0n) is 13.1. The molecule has 0 aromatic heterocycles. The molecule has 0 aliphatic heterocycles. The summed E-state index contributed by atoms with van der Waals surface area (Å²) in [5, 5.41) is -0.692. The van der Waals surface area contributed by atoms with Crippen molar-refractivity contribution in [2.45, 2.75) is 59.6 Å². The summed E-state index contributed by atoms with van der Waals surface area (Å²) in [7, 11) is -4.21. The Labute approximate surface area is 118 Å². The minimum absolute atomic E-state index is 0.0102. The number of hydrogen-bond donors (Lipinski definition) is 0. The Bertz CT molecular complexity index is 366. The van der Waals surface area contributed by atoms with Gasteiger partial charge in [-0.25, -0.2) is 8.42 Å². The van der Waals surface area contributed by atoms with Gasteiger partial charge in [-0.2, -0.15) is 0 Å². The zero-order chi connectivity index (χ0) is 15.0. The van der Waals surface area contributed by atoms with Crippen molar-refractivity contribution in [1.82, 2.24) is 0 Å². The molecule has 4 heteroatoms. The molecule has 0 amide bonds. The van der Waals surface area contributed by atoms with Crippen molar-refractivity contribution in [3.05, 3.63) is 0 Å². The molecule has 1 rings (SSSR count). The van der Waals surface area contributed by atoms with Gasteiger partial charge < -0.3 is 4.55 Å². The van der Waals surface area contributed by atoms with E-state index < -0.39 is 15.4 Å². The monoisotopic (exact) mass is 289 g/mol. The van der Waals surface area contributed by atoms with Gasteiger partial charge in [-0.05, 0) is 48.3 Å². The third-order valence-electron chi connectivity index (χ3n) is 4.98. The Morgan fingerprint density at radius 2 is 1.21 bits per heavy atom. The van der Waals surface area contributed by atoms with Gasteiger partial charge in [0.2, 0.25) is 0 Å². The van der Waals surface area contributed by atoms with E-state index in [1.165, 1.54) is 0 Å². The molecule has 1 aliphatic carbocycles. The van der Waals surface area contributed by atoms with Gasteiger partial charge in [-0.15, -0.1) is 0 Å². The normalized spacial score (nSPS) is 33.4. The largest absolute Gasteiger partial charge is 0.748 e. The van der Waals surface area contributed by atoms with E-state index in [1.807, 2.05) is 27.7 Å². The van der Waals surface area contributed by atoms with E-state index in [0.717, 1.165) is 12.8 Å². The average molecular weight is 289 g/mol. The van der Waals surface area contributed by atoms with Gasteiger partial charge in [0.05, 0.1) is 15.4 Å². The van der Waals surface area contributed by atoms with Crippen LogP contribution in [0.4, 0.5) is 0 Å². The van der Waals surface area contributed by atoms with Crippen LogP contribution < -0.4 is 0 Å². The summed E-state index contributed by atoms with van der Waals surface area (Å²) in [6.45, 7) is 12.6. The van der Waals surface area contributed by atoms with E-state index in [0.29, 0.717) is 11.8 Å². The molecule has 3 nitrogen and oxygen atoms in total. The maximum Gasteiger partial charge on any atom is 0.0981 e. The van der Waals surface area contributed by atoms with Gasteiger partial charge in [0.15, 0.2) is 0 Å². The van der Waals surface area contributed by atoms with Crippen LogP contribution in [0.15, 0.2) is 0 Å². The summed E-state index contributed by atoms with van der Waals surface area (Å²) in [6, 6.07) is 0. The van der Waals surface area contributed by atoms with Crippen molar-refractivity contribution < 1.29 is 13.0 Å². The highest BCUT2D eigenvalue weighted by Gasteiger charge is 2.44. The van der Waals surface area contributed by atoms with E-state index in [9.17, 15) is 13.0 Å². The Hall–Kier alpha value is -0.0900. The van der Waals surface area contributed by atoms with Crippen LogP contribution in [-0.2, 0) is 10.1 Å². The minimum Gasteiger partial charge on any atom is -0.748 e. The molecule has 0 heterocycles. The lowest BCUT2D eigenvalue weighted by Gasteiger charge is -2.47. The molecule has 0 aromatic rings. The third kappa shape index (κ3) is 3.94. The van der Waals surface area contributed by atoms with Crippen LogP contribution in [-0.4, -0.2) is 18.2 Å². The fraction of sp³-hybridized carbons (Fsp3) is 1.00. The summed E-state index contributed by atoms with van der Waals surface area (Å²) in [6.07, 6.45) is 1.76. The standard InChI is InChI=1S/C15H30O3S/c1-9(2)12-7-13(10(3)4)15(19(16,17)18)14(8-12)11(5)6/h9-15H,7-8H2,1-6H3,(H,16,17,18)/p-1. The Kier molecular flexibility index (Phi) is 5.47. The maximum absolute atomic E-state index is 11.7. The highest BCUT2D eigenvalue weighted by atomic mass is 32.2. The van der Waals surface area contributed by atoms with Crippen molar-refractivity contribution in [1.29, 1.82) is 0 Å². The van der Waals surface area contributed by atoms with E-state index in [4.69, 9.17) is 0 Å². The van der Waals surface area contributed by atoms with Crippen molar-refractivity contribution in [3.8, 4) is 0 Å². The fourth-order valence-electron chi connectivity index (χ4n) is 3.66. The first-order valence-corrected chi connectivity index (χ1v) is 8.97. The quantitative estimate of drug-likeness (QED) is 0.744. The van der Waals surface area contributed by atoms with Crippen molar-refractivity contribution in [2.75, 3.05) is 0 Å². The van der Waals surface area contributed by atoms with Gasteiger partial charge >= 0.3 is 0 Å². The highest BCUT2D eigenvalue weighted by molar-refractivity contribution is 7.86. The van der Waals surface area contributed by atoms with Gasteiger partial charge in [-0.3, -0.25) is 0 Å². The van der Waals surface area contributed by atoms with Crippen LogP contribution in [0.2, 0.25) is 0 Å². The zero-order valence-corrected chi connectivity index (χ0v) is 13.9. The van der Waals surface area contributed by atoms with Crippen LogP contribution in [0.5, 0.6) is 0 Å². The molecule has 0 aromatic carbocycles. The summed E-state index contributed by atoms with van der Waals surface area (Å²) in [5.74, 6) is 1.61. The van der Waals surface area contributed by atoms with Crippen molar-refractivity contribution in [3.63, 3.8) is 0 Å². The lowest BCUT2D eigenvalue weighted by molar-refractivity contribution is 0.102. The van der Waals surface area contributed by atoms with Crippen LogP contribution in [0.3, 0.4) is 0 Å². The highest BCUT2D eigenvalue weighted by Crippen LogP contribution is 2.45. The first kappa shape index (κ1) is 17.0. The fourth-order valence-corrected chi connectivity index (χ4v) is 5.36. The van der Waals surface area contributed by atoms with E-state index in [1.54, 1.807) is 0 Å². The second-order valence-corrected chi connectivity index (χ2v) is 8.78. The van der Waals surface area contributed by atoms with Gasteiger partial charge in [0, 0.05) is 0 Å². The molecule has 19 heavy (non-hydrogen) atoms. The molecule has 0 N–H and O–H groups in total. The molecule has 0 saturated heterocycles. The molecule has 1 saturated carbocycles. The molecular formula is C15H29O3S-. The Balaban J connectivity index is 3.15. The van der Waals surface area contributed by atoms with Crippen molar-refractivity contribution in [2.24, 2.45) is 35.5 Å². The number of rotatable bonds is 4. The third-order valence-corrected chi connectivity index (χ3v) is 6.35. The SMILES string of the molecule is CC(C)C1CC(C(C)C)C(S(=O)(=O)[O-])C(C(C)C)C1. The molecule has 0 radical (unpaired) electrons. The summed E-state index contributed by atoms with van der Waals surface area (Å²) >= 11 is 0. The average Bonchev–Trinajstić information content (AvgIpc) is 2.25. The van der Waals surface area contributed by atoms with Crippen LogP contribution >= 0.6 is 0 Å². The Morgan fingerprint density at radius 1 is 0.842 bits per heavy atom. The van der Waals surface area contributed by atoms with E-state index in [2.05, 4.69) is 13.8 Å². The van der Waals surface area contributed by atoms with Crippen LogP contribution in [0.25, 0.3) is 0 Å². The molecule has 1 aliphatic rings. The summed E-state index contributed by atoms with van der Waals surface area (Å²) < 4.78 is 35.2. The van der Waals surface area contributed by atoms with Crippen LogP contribution in [0, 0.1) is 35.5 Å². The second kappa shape index (κ2) is 6.13. The second-order valence-electron chi connectivity index (χ2n) is 7.25. The summed E-state index contributed by atoms with van der Waals surface area (Å²) in [4.78, 5) is 0. The van der Waals surface area contributed by atoms with Crippen LogP contribution in [0.1, 0.15) is 54.4 Å². The Morgan fingerprint density at radius 3 is 1.42 bits per heavy atom. The molecule has 2 unspecified atom stereocenters. The van der Waals surface area contributed by atoms with Gasteiger partial charge in [0.25, 0.3) is 0 Å². The molecular weight excluding hydrogens is 260 g/mol. The first-order valence-electron chi connectivity index (χ1n) is 7.50.